The van der Waals surface area contributed by atoms with Crippen molar-refractivity contribution in [3.8, 4) is 0 Å². The van der Waals surface area contributed by atoms with Crippen LogP contribution in [-0.2, 0) is 0 Å². The van der Waals surface area contributed by atoms with Gasteiger partial charge in [-0.3, -0.25) is 0 Å². The molecule has 1 heterocycles. The third-order valence-corrected chi connectivity index (χ3v) is 2.99. The first-order valence-corrected chi connectivity index (χ1v) is 5.63. The lowest BCUT2D eigenvalue weighted by molar-refractivity contribution is 0.500. The van der Waals surface area contributed by atoms with Gasteiger partial charge in [-0.25, -0.2) is 0 Å². The Hall–Kier alpha value is -1.13. The van der Waals surface area contributed by atoms with Gasteiger partial charge in [0.25, 0.3) is 0 Å². The van der Waals surface area contributed by atoms with Crippen LogP contribution in [-0.4, -0.2) is 20.1 Å². The quantitative estimate of drug-likeness (QED) is 0.703. The average molecular weight is 228 g/mol. The molecule has 0 spiro atoms. The van der Waals surface area contributed by atoms with Gasteiger partial charge in [0.05, 0.1) is 0 Å². The highest BCUT2D eigenvalue weighted by Gasteiger charge is 2.29. The van der Waals surface area contributed by atoms with Crippen LogP contribution in [0.15, 0.2) is 24.3 Å². The predicted octanol–water partition coefficient (Wildman–Crippen LogP) is 2.73. The van der Waals surface area contributed by atoms with Gasteiger partial charge in [-0.2, -0.15) is 0 Å². The van der Waals surface area contributed by atoms with E-state index in [1.54, 1.807) is 12.1 Å². The minimum atomic E-state index is -4.91. The molecule has 1 aromatic rings. The first kappa shape index (κ1) is 11.4. The smallest absolute Gasteiger partial charge is 0.445 e. The summed E-state index contributed by atoms with van der Waals surface area (Å²) in [6.45, 7) is -3.43. The number of para-hydroxylation sites is 1. The van der Waals surface area contributed by atoms with Crippen molar-refractivity contribution < 1.29 is 12.9 Å². The van der Waals surface area contributed by atoms with Gasteiger partial charge in [0.1, 0.15) is 0 Å². The van der Waals surface area contributed by atoms with E-state index in [9.17, 15) is 12.9 Å². The summed E-state index contributed by atoms with van der Waals surface area (Å²) in [7, 11) is 0. The fraction of sp³-hybridized carbons (Fsp3) is 0.455. The van der Waals surface area contributed by atoms with E-state index in [0.29, 0.717) is 5.69 Å². The molecule has 0 radical (unpaired) electrons. The van der Waals surface area contributed by atoms with Crippen LogP contribution in [0.1, 0.15) is 19.3 Å². The summed E-state index contributed by atoms with van der Waals surface area (Å²) < 4.78 is 38.5. The maximum atomic E-state index is 12.8. The molecule has 1 aliphatic rings. The second kappa shape index (κ2) is 4.40. The van der Waals surface area contributed by atoms with E-state index < -0.39 is 12.4 Å². The van der Waals surface area contributed by atoms with E-state index in [1.807, 2.05) is 4.90 Å². The lowest BCUT2D eigenvalue weighted by Crippen LogP contribution is -2.41. The van der Waals surface area contributed by atoms with Gasteiger partial charge in [-0.05, 0) is 25.3 Å². The topological polar surface area (TPSA) is 3.24 Å². The summed E-state index contributed by atoms with van der Waals surface area (Å²) in [6.07, 6.45) is 3.09. The maximum Gasteiger partial charge on any atom is 0.511 e. The molecule has 1 aliphatic heterocycles. The molecular formula is C11H14BF3N-. The fourth-order valence-corrected chi connectivity index (χ4v) is 2.19. The number of hydrogen-bond donors (Lipinski definition) is 0. The van der Waals surface area contributed by atoms with Crippen molar-refractivity contribution in [2.45, 2.75) is 19.3 Å². The van der Waals surface area contributed by atoms with Crippen LogP contribution >= 0.6 is 0 Å². The van der Waals surface area contributed by atoms with Crippen molar-refractivity contribution in [2.75, 3.05) is 18.0 Å². The van der Waals surface area contributed by atoms with Crippen molar-refractivity contribution in [1.29, 1.82) is 0 Å². The third kappa shape index (κ3) is 2.34. The van der Waals surface area contributed by atoms with E-state index in [0.717, 1.165) is 32.4 Å². The van der Waals surface area contributed by atoms with E-state index in [4.69, 9.17) is 0 Å². The first-order chi connectivity index (χ1) is 7.59. The van der Waals surface area contributed by atoms with Crippen molar-refractivity contribution in [3.05, 3.63) is 24.3 Å². The molecule has 0 saturated carbocycles. The summed E-state index contributed by atoms with van der Waals surface area (Å²) in [6, 6.07) is 5.90. The molecule has 1 saturated heterocycles. The Kier molecular flexibility index (Phi) is 3.12. The SMILES string of the molecule is F[B-](F)(F)c1ccccc1N1CCCCC1. The highest BCUT2D eigenvalue weighted by molar-refractivity contribution is 6.75. The molecule has 0 aliphatic carbocycles. The van der Waals surface area contributed by atoms with Crippen LogP contribution in [0.5, 0.6) is 0 Å². The second-order valence-electron chi connectivity index (χ2n) is 4.18. The predicted molar refractivity (Wildman–Crippen MR) is 61.2 cm³/mol. The Labute approximate surface area is 93.3 Å². The molecule has 88 valence electrons. The van der Waals surface area contributed by atoms with Gasteiger partial charge in [0, 0.05) is 18.8 Å². The Bertz CT molecular complexity index is 358. The summed E-state index contributed by atoms with van der Waals surface area (Å²) in [5.74, 6) is 0. The van der Waals surface area contributed by atoms with Crippen molar-refractivity contribution in [2.24, 2.45) is 0 Å². The van der Waals surface area contributed by atoms with Gasteiger partial charge < -0.3 is 17.8 Å². The zero-order valence-electron chi connectivity index (χ0n) is 9.00. The summed E-state index contributed by atoms with van der Waals surface area (Å²) in [4.78, 5) is 1.86. The number of hydrogen-bond acceptors (Lipinski definition) is 1. The minimum absolute atomic E-state index is 0.356. The van der Waals surface area contributed by atoms with Crippen LogP contribution in [0.3, 0.4) is 0 Å². The number of piperidine rings is 1. The Morgan fingerprint density at radius 1 is 0.938 bits per heavy atom. The van der Waals surface area contributed by atoms with Gasteiger partial charge in [0.15, 0.2) is 0 Å². The summed E-state index contributed by atoms with van der Waals surface area (Å²) in [5, 5.41) is 0. The lowest BCUT2D eigenvalue weighted by atomic mass is 9.78. The van der Waals surface area contributed by atoms with Gasteiger partial charge >= 0.3 is 6.98 Å². The Morgan fingerprint density at radius 2 is 1.56 bits per heavy atom. The van der Waals surface area contributed by atoms with E-state index in [2.05, 4.69) is 0 Å². The normalized spacial score (nSPS) is 17.6. The Balaban J connectivity index is 2.32. The monoisotopic (exact) mass is 228 g/mol. The molecule has 0 amide bonds. The molecular weight excluding hydrogens is 214 g/mol. The zero-order chi connectivity index (χ0) is 11.6. The molecule has 0 bridgehead atoms. The van der Waals surface area contributed by atoms with E-state index >= 15 is 0 Å². The van der Waals surface area contributed by atoms with Crippen molar-refractivity contribution in [1.82, 2.24) is 0 Å². The van der Waals surface area contributed by atoms with Crippen LogP contribution < -0.4 is 10.4 Å². The number of benzene rings is 1. The van der Waals surface area contributed by atoms with Crippen LogP contribution in [0.4, 0.5) is 18.6 Å². The molecule has 0 atom stereocenters. The molecule has 5 heteroatoms. The maximum absolute atomic E-state index is 12.8. The lowest BCUT2D eigenvalue weighted by Gasteiger charge is -2.33. The van der Waals surface area contributed by atoms with Crippen molar-refractivity contribution in [3.63, 3.8) is 0 Å². The van der Waals surface area contributed by atoms with Gasteiger partial charge in [0.2, 0.25) is 0 Å². The fourth-order valence-electron chi connectivity index (χ4n) is 2.19. The highest BCUT2D eigenvalue weighted by atomic mass is 19.4. The Morgan fingerprint density at radius 3 is 2.19 bits per heavy atom. The van der Waals surface area contributed by atoms with Crippen LogP contribution in [0.2, 0.25) is 0 Å². The highest BCUT2D eigenvalue weighted by Crippen LogP contribution is 2.22. The van der Waals surface area contributed by atoms with Gasteiger partial charge in [-0.1, -0.05) is 23.7 Å². The molecule has 0 aromatic heterocycles. The van der Waals surface area contributed by atoms with Gasteiger partial charge in [-0.15, -0.1) is 0 Å². The van der Waals surface area contributed by atoms with Crippen LogP contribution in [0.25, 0.3) is 0 Å². The van der Waals surface area contributed by atoms with Crippen molar-refractivity contribution >= 4 is 18.1 Å². The number of anilines is 1. The number of nitrogens with zero attached hydrogens (tertiary/aromatic N) is 1. The molecule has 1 nitrogen and oxygen atoms in total. The molecule has 1 aromatic carbocycles. The molecule has 16 heavy (non-hydrogen) atoms. The molecule has 1 fully saturated rings. The second-order valence-corrected chi connectivity index (χ2v) is 4.18. The average Bonchev–Trinajstić information content (AvgIpc) is 2.29. The summed E-state index contributed by atoms with van der Waals surface area (Å²) >= 11 is 0. The minimum Gasteiger partial charge on any atom is -0.445 e. The number of rotatable bonds is 2. The first-order valence-electron chi connectivity index (χ1n) is 5.63. The largest absolute Gasteiger partial charge is 0.511 e. The standard InChI is InChI=1S/C11H14BF3N/c13-12(14,15)10-6-2-3-7-11(10)16-8-4-1-5-9-16/h2-3,6-7H,1,4-5,8-9H2/q-1. The zero-order valence-corrected chi connectivity index (χ0v) is 9.00. The molecule has 0 N–H and O–H groups in total. The molecule has 0 unspecified atom stereocenters. The molecule has 2 rings (SSSR count). The van der Waals surface area contributed by atoms with E-state index in [1.165, 1.54) is 12.1 Å². The van der Waals surface area contributed by atoms with Crippen LogP contribution in [0, 0.1) is 0 Å². The number of halogens is 3. The third-order valence-electron chi connectivity index (χ3n) is 2.99. The summed E-state index contributed by atoms with van der Waals surface area (Å²) in [5.41, 5.74) is -0.0981. The van der Waals surface area contributed by atoms with E-state index in [-0.39, 0.29) is 0 Å².